The number of hydrogen-bond acceptors (Lipinski definition) is 3. The quantitative estimate of drug-likeness (QED) is 0.850. The first-order chi connectivity index (χ1) is 8.54. The van der Waals surface area contributed by atoms with Gasteiger partial charge in [-0.05, 0) is 34.1 Å². The second-order valence-electron chi connectivity index (χ2n) is 3.57. The number of phenolic OH excluding ortho intramolecular Hbond substituents is 1. The van der Waals surface area contributed by atoms with Crippen LogP contribution in [0, 0.1) is 0 Å². The lowest BCUT2D eigenvalue weighted by Gasteiger charge is -2.07. The predicted molar refractivity (Wildman–Crippen MR) is 71.7 cm³/mol. The highest BCUT2D eigenvalue weighted by Crippen LogP contribution is 2.26. The molecule has 0 aliphatic rings. The smallest absolute Gasteiger partial charge is 0.246 e. The van der Waals surface area contributed by atoms with Crippen LogP contribution < -0.4 is 5.32 Å². The van der Waals surface area contributed by atoms with Gasteiger partial charge in [0.1, 0.15) is 12.3 Å². The minimum atomic E-state index is -0.303. The molecule has 2 N–H and O–H groups in total. The minimum absolute atomic E-state index is 0.0330. The molecule has 1 aromatic carbocycles. The number of anilines is 1. The van der Waals surface area contributed by atoms with Crippen LogP contribution in [0.2, 0.25) is 5.02 Å². The zero-order valence-electron chi connectivity index (χ0n) is 9.10. The van der Waals surface area contributed by atoms with Gasteiger partial charge in [-0.25, -0.2) is 0 Å². The number of aromatic hydroxyl groups is 1. The van der Waals surface area contributed by atoms with Gasteiger partial charge in [-0.15, -0.1) is 0 Å². The van der Waals surface area contributed by atoms with E-state index in [-0.39, 0.29) is 23.9 Å². The van der Waals surface area contributed by atoms with E-state index in [0.29, 0.717) is 5.02 Å². The van der Waals surface area contributed by atoms with Crippen LogP contribution in [0.5, 0.6) is 5.75 Å². The van der Waals surface area contributed by atoms with Crippen LogP contribution in [0.1, 0.15) is 0 Å². The summed E-state index contributed by atoms with van der Waals surface area (Å²) in [5.74, 6) is -0.336. The minimum Gasteiger partial charge on any atom is -0.506 e. The summed E-state index contributed by atoms with van der Waals surface area (Å²) in [5.41, 5.74) is 0.277. The zero-order valence-corrected chi connectivity index (χ0v) is 11.4. The average Bonchev–Trinajstić information content (AvgIpc) is 2.69. The van der Waals surface area contributed by atoms with E-state index >= 15 is 0 Å². The van der Waals surface area contributed by atoms with Gasteiger partial charge in [0.2, 0.25) is 5.91 Å². The molecule has 2 rings (SSSR count). The number of phenols is 1. The number of rotatable bonds is 3. The van der Waals surface area contributed by atoms with Crippen LogP contribution in [-0.4, -0.2) is 20.8 Å². The maximum absolute atomic E-state index is 11.7. The monoisotopic (exact) mass is 329 g/mol. The molecule has 0 fully saturated rings. The van der Waals surface area contributed by atoms with Crippen LogP contribution >= 0.6 is 27.5 Å². The number of hydrogen-bond donors (Lipinski definition) is 2. The summed E-state index contributed by atoms with van der Waals surface area (Å²) in [6, 6.07) is 4.44. The highest BCUT2D eigenvalue weighted by Gasteiger charge is 2.08. The van der Waals surface area contributed by atoms with Gasteiger partial charge in [-0.1, -0.05) is 11.6 Å². The van der Waals surface area contributed by atoms with E-state index in [9.17, 15) is 9.90 Å². The molecule has 0 radical (unpaired) electrons. The Kier molecular flexibility index (Phi) is 3.88. The van der Waals surface area contributed by atoms with Gasteiger partial charge in [-0.2, -0.15) is 5.10 Å². The number of halogens is 2. The molecule has 1 heterocycles. The second-order valence-corrected chi connectivity index (χ2v) is 4.92. The summed E-state index contributed by atoms with van der Waals surface area (Å²) in [6.07, 6.45) is 3.27. The number of nitrogens with one attached hydrogen (secondary N) is 1. The normalized spacial score (nSPS) is 10.3. The number of nitrogens with zero attached hydrogens (tertiary/aromatic N) is 2. The standard InChI is InChI=1S/C11H9BrClN3O2/c12-7-4-14-16(5-7)6-11(18)15-9-3-8(13)1-2-10(9)17/h1-5,17H,6H2,(H,15,18). The Balaban J connectivity index is 2.05. The van der Waals surface area contributed by atoms with Gasteiger partial charge >= 0.3 is 0 Å². The van der Waals surface area contributed by atoms with Crippen LogP contribution in [0.15, 0.2) is 35.1 Å². The van der Waals surface area contributed by atoms with Crippen molar-refractivity contribution in [2.75, 3.05) is 5.32 Å². The summed E-state index contributed by atoms with van der Waals surface area (Å²) < 4.78 is 2.27. The maximum Gasteiger partial charge on any atom is 0.246 e. The van der Waals surface area contributed by atoms with Crippen molar-refractivity contribution in [1.29, 1.82) is 0 Å². The van der Waals surface area contributed by atoms with Crippen LogP contribution in [-0.2, 0) is 11.3 Å². The van der Waals surface area contributed by atoms with E-state index in [1.165, 1.54) is 22.9 Å². The van der Waals surface area contributed by atoms with Crippen LogP contribution in [0.3, 0.4) is 0 Å². The zero-order chi connectivity index (χ0) is 13.1. The lowest BCUT2D eigenvalue weighted by atomic mass is 10.3. The predicted octanol–water partition coefficient (Wildman–Crippen LogP) is 2.64. The SMILES string of the molecule is O=C(Cn1cc(Br)cn1)Nc1cc(Cl)ccc1O. The van der Waals surface area contributed by atoms with E-state index in [1.807, 2.05) is 0 Å². The first-order valence-electron chi connectivity index (χ1n) is 5.01. The van der Waals surface area contributed by atoms with E-state index < -0.39 is 0 Å². The van der Waals surface area contributed by atoms with Gasteiger partial charge in [0, 0.05) is 11.2 Å². The Labute approximate surface area is 117 Å². The van der Waals surface area contributed by atoms with Crippen molar-refractivity contribution in [1.82, 2.24) is 9.78 Å². The van der Waals surface area contributed by atoms with Crippen LogP contribution in [0.4, 0.5) is 5.69 Å². The van der Waals surface area contributed by atoms with Crippen molar-refractivity contribution in [2.45, 2.75) is 6.54 Å². The van der Waals surface area contributed by atoms with Crippen molar-refractivity contribution in [3.05, 3.63) is 40.1 Å². The van der Waals surface area contributed by atoms with Crippen molar-refractivity contribution in [3.8, 4) is 5.75 Å². The molecule has 2 aromatic rings. The van der Waals surface area contributed by atoms with Crippen molar-refractivity contribution in [3.63, 3.8) is 0 Å². The molecule has 0 aliphatic heterocycles. The third-order valence-electron chi connectivity index (χ3n) is 2.14. The lowest BCUT2D eigenvalue weighted by Crippen LogP contribution is -2.19. The van der Waals surface area contributed by atoms with Gasteiger partial charge in [0.05, 0.1) is 16.4 Å². The lowest BCUT2D eigenvalue weighted by molar-refractivity contribution is -0.116. The first kappa shape index (κ1) is 12.9. The molecule has 0 atom stereocenters. The van der Waals surface area contributed by atoms with Crippen molar-refractivity contribution < 1.29 is 9.90 Å². The Morgan fingerprint density at radius 2 is 2.33 bits per heavy atom. The molecule has 0 aliphatic carbocycles. The molecule has 0 unspecified atom stereocenters. The summed E-state index contributed by atoms with van der Waals surface area (Å²) in [6.45, 7) is 0.0531. The van der Waals surface area contributed by atoms with E-state index in [2.05, 4.69) is 26.3 Å². The number of carbonyl (C=O) groups excluding carboxylic acids is 1. The van der Waals surface area contributed by atoms with E-state index in [0.717, 1.165) is 4.47 Å². The molecule has 7 heteroatoms. The average molecular weight is 331 g/mol. The Morgan fingerprint density at radius 1 is 1.56 bits per heavy atom. The van der Waals surface area contributed by atoms with Gasteiger partial charge < -0.3 is 10.4 Å². The summed E-state index contributed by atoms with van der Waals surface area (Å²) in [5, 5.41) is 16.5. The Hall–Kier alpha value is -1.53. The summed E-state index contributed by atoms with van der Waals surface area (Å²) in [4.78, 5) is 11.7. The van der Waals surface area contributed by atoms with Crippen molar-refractivity contribution in [2.24, 2.45) is 0 Å². The molecule has 0 saturated carbocycles. The summed E-state index contributed by atoms with van der Waals surface area (Å²) >= 11 is 9.02. The van der Waals surface area contributed by atoms with Crippen molar-refractivity contribution >= 4 is 39.1 Å². The number of carbonyl (C=O) groups is 1. The van der Waals surface area contributed by atoms with Gasteiger partial charge in [0.25, 0.3) is 0 Å². The highest BCUT2D eigenvalue weighted by atomic mass is 79.9. The van der Waals surface area contributed by atoms with Crippen LogP contribution in [0.25, 0.3) is 0 Å². The molecule has 18 heavy (non-hydrogen) atoms. The fourth-order valence-electron chi connectivity index (χ4n) is 1.37. The third-order valence-corrected chi connectivity index (χ3v) is 2.78. The van der Waals surface area contributed by atoms with E-state index in [4.69, 9.17) is 11.6 Å². The molecule has 1 amide bonds. The first-order valence-corrected chi connectivity index (χ1v) is 6.18. The highest BCUT2D eigenvalue weighted by molar-refractivity contribution is 9.10. The molecule has 0 saturated heterocycles. The Bertz CT molecular complexity index is 585. The number of amides is 1. The van der Waals surface area contributed by atoms with E-state index in [1.54, 1.807) is 12.4 Å². The fourth-order valence-corrected chi connectivity index (χ4v) is 1.87. The molecule has 1 aromatic heterocycles. The molecular formula is C11H9BrClN3O2. The fraction of sp³-hybridized carbons (Fsp3) is 0.0909. The molecule has 0 bridgehead atoms. The topological polar surface area (TPSA) is 67.2 Å². The second kappa shape index (κ2) is 5.41. The third kappa shape index (κ3) is 3.24. The molecule has 0 spiro atoms. The molecular weight excluding hydrogens is 321 g/mol. The molecule has 5 nitrogen and oxygen atoms in total. The number of aromatic nitrogens is 2. The number of benzene rings is 1. The largest absolute Gasteiger partial charge is 0.506 e. The van der Waals surface area contributed by atoms with Gasteiger partial charge in [-0.3, -0.25) is 9.48 Å². The Morgan fingerprint density at radius 3 is 3.00 bits per heavy atom. The van der Waals surface area contributed by atoms with Gasteiger partial charge in [0.15, 0.2) is 0 Å². The molecule has 94 valence electrons. The maximum atomic E-state index is 11.7. The summed E-state index contributed by atoms with van der Waals surface area (Å²) in [7, 11) is 0.